The van der Waals surface area contributed by atoms with Crippen LogP contribution in [0.25, 0.3) is 0 Å². The molecular weight excluding hydrogens is 108 g/mol. The SMILES string of the molecule is [2H]C(O)C(CC)C(=O)O. The summed E-state index contributed by atoms with van der Waals surface area (Å²) in [5.74, 6) is -2.05. The van der Waals surface area contributed by atoms with Crippen LogP contribution in [0.4, 0.5) is 0 Å². The molecule has 0 aliphatic carbocycles. The smallest absolute Gasteiger partial charge is 0.308 e. The number of hydrogen-bond donors (Lipinski definition) is 2. The minimum atomic E-state index is -1.49. The molecule has 48 valence electrons. The summed E-state index contributed by atoms with van der Waals surface area (Å²) in [5.41, 5.74) is 0. The first-order chi connectivity index (χ1) is 4.09. The highest BCUT2D eigenvalue weighted by atomic mass is 16.4. The number of carboxylic acids is 1. The van der Waals surface area contributed by atoms with Crippen LogP contribution in [0.15, 0.2) is 0 Å². The molecule has 3 nitrogen and oxygen atoms in total. The second-order valence-corrected chi connectivity index (χ2v) is 1.50. The highest BCUT2D eigenvalue weighted by Crippen LogP contribution is 1.98. The third-order valence-corrected chi connectivity index (χ3v) is 0.937. The molecule has 0 saturated heterocycles. The van der Waals surface area contributed by atoms with Crippen LogP contribution in [0.2, 0.25) is 0 Å². The number of carbonyl (C=O) groups is 1. The quantitative estimate of drug-likeness (QED) is 0.553. The fourth-order valence-corrected chi connectivity index (χ4v) is 0.344. The van der Waals surface area contributed by atoms with Crippen molar-refractivity contribution in [2.75, 3.05) is 6.58 Å². The molecule has 0 aromatic carbocycles. The molecule has 0 aliphatic heterocycles. The van der Waals surface area contributed by atoms with E-state index in [4.69, 9.17) is 11.6 Å². The first-order valence-corrected chi connectivity index (χ1v) is 2.42. The van der Waals surface area contributed by atoms with Crippen molar-refractivity contribution in [3.63, 3.8) is 0 Å². The highest BCUT2D eigenvalue weighted by Gasteiger charge is 2.11. The average molecular weight is 119 g/mol. The Balaban J connectivity index is 3.83. The fraction of sp³-hybridized carbons (Fsp3) is 0.800. The first-order valence-electron chi connectivity index (χ1n) is 3.00. The summed E-state index contributed by atoms with van der Waals surface area (Å²) in [4.78, 5) is 10.1. The number of aliphatic hydroxyl groups excluding tert-OH is 1. The summed E-state index contributed by atoms with van der Waals surface area (Å²) < 4.78 is 6.64. The van der Waals surface area contributed by atoms with E-state index in [0.29, 0.717) is 6.42 Å². The van der Waals surface area contributed by atoms with Gasteiger partial charge in [-0.05, 0) is 6.42 Å². The van der Waals surface area contributed by atoms with Gasteiger partial charge in [0.15, 0.2) is 0 Å². The second-order valence-electron chi connectivity index (χ2n) is 1.50. The molecule has 2 unspecified atom stereocenters. The maximum Gasteiger partial charge on any atom is 0.308 e. The Kier molecular flexibility index (Phi) is 2.39. The molecular formula is C5H10O3. The zero-order valence-corrected chi connectivity index (χ0v) is 4.66. The van der Waals surface area contributed by atoms with Crippen LogP contribution < -0.4 is 0 Å². The van der Waals surface area contributed by atoms with Gasteiger partial charge in [0.25, 0.3) is 0 Å². The summed E-state index contributed by atoms with van der Waals surface area (Å²) in [6.45, 7) is 0.129. The molecule has 0 heterocycles. The van der Waals surface area contributed by atoms with Gasteiger partial charge in [-0.15, -0.1) is 0 Å². The number of rotatable bonds is 3. The Morgan fingerprint density at radius 3 is 2.50 bits per heavy atom. The highest BCUT2D eigenvalue weighted by molar-refractivity contribution is 5.69. The predicted molar refractivity (Wildman–Crippen MR) is 28.5 cm³/mol. The molecule has 3 heteroatoms. The molecule has 0 aliphatic rings. The van der Waals surface area contributed by atoms with Crippen molar-refractivity contribution in [2.45, 2.75) is 13.3 Å². The maximum absolute atomic E-state index is 10.1. The van der Waals surface area contributed by atoms with Gasteiger partial charge in [-0.3, -0.25) is 4.79 Å². The normalized spacial score (nSPS) is 19.0. The lowest BCUT2D eigenvalue weighted by Crippen LogP contribution is -2.16. The van der Waals surface area contributed by atoms with Crippen molar-refractivity contribution in [1.29, 1.82) is 0 Å². The van der Waals surface area contributed by atoms with Gasteiger partial charge >= 0.3 is 5.97 Å². The van der Waals surface area contributed by atoms with E-state index in [2.05, 4.69) is 0 Å². The first kappa shape index (κ1) is 5.56. The molecule has 2 atom stereocenters. The summed E-state index contributed by atoms with van der Waals surface area (Å²) in [6.07, 6.45) is 0.292. The standard InChI is InChI=1S/C5H10O3/c1-2-4(3-6)5(7)8/h4,6H,2-3H2,1H3,(H,7,8)/i3D. The molecule has 8 heavy (non-hydrogen) atoms. The zero-order valence-electron chi connectivity index (χ0n) is 5.66. The van der Waals surface area contributed by atoms with E-state index in [1.54, 1.807) is 6.92 Å². The van der Waals surface area contributed by atoms with Gasteiger partial charge in [0.05, 0.1) is 13.9 Å². The van der Waals surface area contributed by atoms with Gasteiger partial charge < -0.3 is 10.2 Å². The van der Waals surface area contributed by atoms with Crippen LogP contribution >= 0.6 is 0 Å². The molecule has 0 saturated carbocycles. The molecule has 0 aromatic heterocycles. The van der Waals surface area contributed by atoms with Gasteiger partial charge in [-0.1, -0.05) is 6.92 Å². The lowest BCUT2D eigenvalue weighted by atomic mass is 10.1. The Morgan fingerprint density at radius 2 is 2.50 bits per heavy atom. The number of hydrogen-bond acceptors (Lipinski definition) is 2. The molecule has 2 N–H and O–H groups in total. The van der Waals surface area contributed by atoms with E-state index >= 15 is 0 Å². The van der Waals surface area contributed by atoms with Crippen LogP contribution in [-0.4, -0.2) is 22.8 Å². The third kappa shape index (κ3) is 1.93. The van der Waals surface area contributed by atoms with Gasteiger partial charge in [0.2, 0.25) is 0 Å². The van der Waals surface area contributed by atoms with Crippen LogP contribution in [0.5, 0.6) is 0 Å². The predicted octanol–water partition coefficient (Wildman–Crippen LogP) is 0.0895. The minimum absolute atomic E-state index is 0.292. The average Bonchev–Trinajstić information content (AvgIpc) is 1.64. The molecule has 0 bridgehead atoms. The summed E-state index contributed by atoms with van der Waals surface area (Å²) >= 11 is 0. The van der Waals surface area contributed by atoms with Crippen molar-refractivity contribution >= 4 is 5.97 Å². The lowest BCUT2D eigenvalue weighted by Gasteiger charge is -2.01. The van der Waals surface area contributed by atoms with Gasteiger partial charge in [-0.25, -0.2) is 0 Å². The van der Waals surface area contributed by atoms with Crippen molar-refractivity contribution in [3.8, 4) is 0 Å². The molecule has 0 amide bonds. The van der Waals surface area contributed by atoms with Crippen molar-refractivity contribution < 1.29 is 16.4 Å². The third-order valence-electron chi connectivity index (χ3n) is 0.937. The minimum Gasteiger partial charge on any atom is -0.481 e. The van der Waals surface area contributed by atoms with Crippen LogP contribution in [0, 0.1) is 5.92 Å². The Bertz CT molecular complexity index is 102. The Labute approximate surface area is 49.4 Å². The van der Waals surface area contributed by atoms with E-state index in [0.717, 1.165) is 0 Å². The Hall–Kier alpha value is -0.570. The van der Waals surface area contributed by atoms with Crippen LogP contribution in [-0.2, 0) is 4.79 Å². The monoisotopic (exact) mass is 119 g/mol. The summed E-state index contributed by atoms with van der Waals surface area (Å²) in [6, 6.07) is 0. The van der Waals surface area contributed by atoms with E-state index in [9.17, 15) is 4.79 Å². The summed E-state index contributed by atoms with van der Waals surface area (Å²) in [5, 5.41) is 16.7. The molecule has 0 radical (unpaired) electrons. The van der Waals surface area contributed by atoms with E-state index < -0.39 is 18.5 Å². The van der Waals surface area contributed by atoms with Crippen LogP contribution in [0.3, 0.4) is 0 Å². The zero-order chi connectivity index (χ0) is 7.44. The fourth-order valence-electron chi connectivity index (χ4n) is 0.344. The van der Waals surface area contributed by atoms with Gasteiger partial charge in [0.1, 0.15) is 0 Å². The molecule has 0 fully saturated rings. The molecule has 0 aromatic rings. The topological polar surface area (TPSA) is 57.5 Å². The largest absolute Gasteiger partial charge is 0.481 e. The molecule has 0 spiro atoms. The van der Waals surface area contributed by atoms with Crippen molar-refractivity contribution in [3.05, 3.63) is 0 Å². The molecule has 0 rings (SSSR count). The number of carboxylic acid groups (broad SMARTS) is 1. The van der Waals surface area contributed by atoms with E-state index in [1.807, 2.05) is 0 Å². The maximum atomic E-state index is 10.1. The van der Waals surface area contributed by atoms with Crippen molar-refractivity contribution in [2.24, 2.45) is 5.92 Å². The number of aliphatic hydroxyl groups is 1. The second kappa shape index (κ2) is 3.43. The lowest BCUT2D eigenvalue weighted by molar-refractivity contribution is -0.143. The number of aliphatic carboxylic acids is 1. The van der Waals surface area contributed by atoms with Gasteiger partial charge in [0, 0.05) is 0 Å². The van der Waals surface area contributed by atoms with Crippen molar-refractivity contribution in [1.82, 2.24) is 0 Å². The Morgan fingerprint density at radius 1 is 2.00 bits per heavy atom. The van der Waals surface area contributed by atoms with E-state index in [-0.39, 0.29) is 0 Å². The van der Waals surface area contributed by atoms with Crippen LogP contribution in [0.1, 0.15) is 14.7 Å². The van der Waals surface area contributed by atoms with E-state index in [1.165, 1.54) is 0 Å². The van der Waals surface area contributed by atoms with Gasteiger partial charge in [-0.2, -0.15) is 0 Å². The summed E-state index contributed by atoms with van der Waals surface area (Å²) in [7, 11) is 0.